The molecule has 3 aromatic rings. The number of halogens is 12. The number of benzene rings is 3. The molecular formula is C32H23F12NO7. The van der Waals surface area contributed by atoms with Gasteiger partial charge in [-0.1, -0.05) is 12.1 Å². The molecule has 0 fully saturated rings. The Labute approximate surface area is 285 Å². The molecule has 2 unspecified atom stereocenters. The van der Waals surface area contributed by atoms with E-state index in [4.69, 9.17) is 14.2 Å². The number of esters is 1. The molecule has 0 bridgehead atoms. The topological polar surface area (TPSA) is 92.3 Å². The van der Waals surface area contributed by atoms with Gasteiger partial charge >= 0.3 is 30.5 Å². The van der Waals surface area contributed by atoms with Crippen LogP contribution in [0.1, 0.15) is 11.1 Å². The molecule has 1 amide bonds. The van der Waals surface area contributed by atoms with Gasteiger partial charge in [0.15, 0.2) is 23.0 Å². The van der Waals surface area contributed by atoms with Crippen molar-refractivity contribution >= 4 is 29.7 Å². The summed E-state index contributed by atoms with van der Waals surface area (Å²) in [5, 5.41) is 2.45. The summed E-state index contributed by atoms with van der Waals surface area (Å²) in [6.07, 6.45) is -27.4. The van der Waals surface area contributed by atoms with E-state index in [0.717, 1.165) is 68.8 Å². The lowest BCUT2D eigenvalue weighted by molar-refractivity contribution is -0.306. The number of hydrogen-bond donors (Lipinski definition) is 1. The molecule has 0 aliphatic rings. The number of ether oxygens (including phenoxy) is 5. The van der Waals surface area contributed by atoms with Gasteiger partial charge in [0.05, 0.1) is 14.2 Å². The third-order valence-electron chi connectivity index (χ3n) is 6.21. The number of carbonyl (C=O) groups is 2. The SMILES string of the molecule is COc1cc(/C=C/C(=O)Nc2ccc(OC(=O)/C=C/c3ccc(OC(F)(F)C(F)C(F)(F)F)c(OC)c3)cc2)ccc1OC(F)(F)C(F)C(F)(F)F. The van der Waals surface area contributed by atoms with Crippen LogP contribution in [0.3, 0.4) is 0 Å². The minimum Gasteiger partial charge on any atom is -0.493 e. The number of anilines is 1. The van der Waals surface area contributed by atoms with E-state index in [0.29, 0.717) is 0 Å². The predicted octanol–water partition coefficient (Wildman–Crippen LogP) is 8.72. The van der Waals surface area contributed by atoms with Crippen molar-refractivity contribution in [3.05, 3.63) is 83.9 Å². The van der Waals surface area contributed by atoms with Crippen LogP contribution in [0, 0.1) is 0 Å². The van der Waals surface area contributed by atoms with E-state index in [-0.39, 0.29) is 22.6 Å². The van der Waals surface area contributed by atoms with E-state index in [2.05, 4.69) is 14.8 Å². The number of rotatable bonds is 14. The van der Waals surface area contributed by atoms with E-state index >= 15 is 0 Å². The summed E-state index contributed by atoms with van der Waals surface area (Å²) in [5.74, 6) is -4.50. The lowest BCUT2D eigenvalue weighted by atomic mass is 10.2. The average Bonchev–Trinajstić information content (AvgIpc) is 3.06. The van der Waals surface area contributed by atoms with Crippen LogP contribution in [-0.4, -0.2) is 63.0 Å². The van der Waals surface area contributed by atoms with Gasteiger partial charge in [-0.05, 0) is 71.8 Å². The minimum atomic E-state index is -5.90. The molecule has 8 nitrogen and oxygen atoms in total. The number of hydrogen-bond acceptors (Lipinski definition) is 7. The van der Waals surface area contributed by atoms with Crippen molar-refractivity contribution in [2.45, 2.75) is 36.9 Å². The van der Waals surface area contributed by atoms with Crippen LogP contribution in [-0.2, 0) is 9.59 Å². The van der Waals surface area contributed by atoms with E-state index in [9.17, 15) is 62.3 Å². The summed E-state index contributed by atoms with van der Waals surface area (Å²) >= 11 is 0. The Kier molecular flexibility index (Phi) is 12.7. The van der Waals surface area contributed by atoms with Gasteiger partial charge in [-0.25, -0.2) is 13.6 Å². The Morgan fingerprint density at radius 3 is 1.44 bits per heavy atom. The highest BCUT2D eigenvalue weighted by Gasteiger charge is 2.60. The van der Waals surface area contributed by atoms with Crippen LogP contribution < -0.4 is 29.0 Å². The Morgan fingerprint density at radius 2 is 1.04 bits per heavy atom. The van der Waals surface area contributed by atoms with Crippen molar-refractivity contribution in [1.82, 2.24) is 0 Å². The summed E-state index contributed by atoms with van der Waals surface area (Å²) in [6.45, 7) is 0. The van der Waals surface area contributed by atoms with E-state index in [1.54, 1.807) is 0 Å². The van der Waals surface area contributed by atoms with Crippen molar-refractivity contribution in [2.75, 3.05) is 19.5 Å². The zero-order valence-electron chi connectivity index (χ0n) is 26.1. The van der Waals surface area contributed by atoms with Crippen LogP contribution in [0.25, 0.3) is 12.2 Å². The van der Waals surface area contributed by atoms with Crippen LogP contribution in [0.4, 0.5) is 58.4 Å². The molecule has 0 spiro atoms. The summed E-state index contributed by atoms with van der Waals surface area (Å²) < 4.78 is 178. The third-order valence-corrected chi connectivity index (χ3v) is 6.21. The van der Waals surface area contributed by atoms with Gasteiger partial charge < -0.3 is 29.0 Å². The highest BCUT2D eigenvalue weighted by molar-refractivity contribution is 6.02. The zero-order chi connectivity index (χ0) is 39.1. The van der Waals surface area contributed by atoms with Crippen molar-refractivity contribution in [3.63, 3.8) is 0 Å². The molecule has 1 N–H and O–H groups in total. The molecule has 0 radical (unpaired) electrons. The molecule has 3 rings (SSSR count). The number of amides is 1. The maximum absolute atomic E-state index is 13.7. The molecular weight excluding hydrogens is 738 g/mol. The predicted molar refractivity (Wildman–Crippen MR) is 158 cm³/mol. The molecule has 2 atom stereocenters. The van der Waals surface area contributed by atoms with Gasteiger partial charge in [0.1, 0.15) is 5.75 Å². The van der Waals surface area contributed by atoms with Gasteiger partial charge in [-0.2, -0.15) is 43.9 Å². The third kappa shape index (κ3) is 11.2. The molecule has 52 heavy (non-hydrogen) atoms. The summed E-state index contributed by atoms with van der Waals surface area (Å²) in [6, 6.07) is 10.9. The highest BCUT2D eigenvalue weighted by Crippen LogP contribution is 2.41. The molecule has 282 valence electrons. The fraction of sp³-hybridized carbons (Fsp3) is 0.250. The van der Waals surface area contributed by atoms with Gasteiger partial charge in [0, 0.05) is 17.8 Å². The van der Waals surface area contributed by atoms with Crippen molar-refractivity contribution in [3.8, 4) is 28.7 Å². The van der Waals surface area contributed by atoms with E-state index in [1.807, 2.05) is 0 Å². The maximum atomic E-state index is 13.7. The van der Waals surface area contributed by atoms with Crippen molar-refractivity contribution in [1.29, 1.82) is 0 Å². The van der Waals surface area contributed by atoms with E-state index < -0.39 is 71.8 Å². The Hall–Kier alpha value is -5.56. The fourth-order valence-corrected chi connectivity index (χ4v) is 3.80. The first-order chi connectivity index (χ1) is 24.1. The number of nitrogens with one attached hydrogen (secondary N) is 1. The molecule has 0 aliphatic carbocycles. The Morgan fingerprint density at radius 1 is 0.615 bits per heavy atom. The monoisotopic (exact) mass is 761 g/mol. The minimum absolute atomic E-state index is 0.00788. The average molecular weight is 762 g/mol. The molecule has 0 saturated carbocycles. The molecule has 0 heterocycles. The van der Waals surface area contributed by atoms with Gasteiger partial charge in [-0.3, -0.25) is 4.79 Å². The molecule has 0 aliphatic heterocycles. The van der Waals surface area contributed by atoms with Gasteiger partial charge in [0.25, 0.3) is 12.3 Å². The number of alkyl halides is 12. The second-order valence-corrected chi connectivity index (χ2v) is 10.1. The second-order valence-electron chi connectivity index (χ2n) is 10.1. The lowest BCUT2D eigenvalue weighted by Gasteiger charge is -2.24. The Balaban J connectivity index is 1.58. The van der Waals surface area contributed by atoms with Gasteiger partial charge in [0.2, 0.25) is 5.91 Å². The summed E-state index contributed by atoms with van der Waals surface area (Å²) in [4.78, 5) is 24.6. The fourth-order valence-electron chi connectivity index (χ4n) is 3.80. The normalized spacial score (nSPS) is 13.8. The lowest BCUT2D eigenvalue weighted by Crippen LogP contribution is -2.45. The largest absolute Gasteiger partial charge is 0.493 e. The molecule has 0 saturated heterocycles. The molecule has 3 aromatic carbocycles. The Bertz CT molecular complexity index is 1650. The first-order valence-corrected chi connectivity index (χ1v) is 14.0. The number of methoxy groups -OCH3 is 2. The smallest absolute Gasteiger partial charge is 0.439 e. The maximum Gasteiger partial charge on any atom is 0.439 e. The van der Waals surface area contributed by atoms with E-state index in [1.165, 1.54) is 30.3 Å². The van der Waals surface area contributed by atoms with Crippen LogP contribution in [0.2, 0.25) is 0 Å². The number of carbonyl (C=O) groups excluding carboxylic acids is 2. The second kappa shape index (κ2) is 16.2. The molecule has 20 heteroatoms. The summed E-state index contributed by atoms with van der Waals surface area (Å²) in [5.41, 5.74) is 0.461. The van der Waals surface area contributed by atoms with Crippen LogP contribution in [0.5, 0.6) is 28.7 Å². The molecule has 0 aromatic heterocycles. The highest BCUT2D eigenvalue weighted by atomic mass is 19.4. The van der Waals surface area contributed by atoms with Gasteiger partial charge in [-0.15, -0.1) is 0 Å². The van der Waals surface area contributed by atoms with Crippen molar-refractivity contribution < 1.29 is 86.0 Å². The quantitative estimate of drug-likeness (QED) is 0.0761. The first-order valence-electron chi connectivity index (χ1n) is 14.0. The first kappa shape index (κ1) is 40.9. The standard InChI is InChI=1S/C32H23F12NO7/c1-48-23-15-17(3-11-21(23)51-31(41,42)27(33)29(35,36)37)5-13-25(46)45-19-7-9-20(10-8-19)50-26(47)14-6-18-4-12-22(24(16-18)49-2)52-32(43,44)28(34)30(38,39)40/h3-16,27-28H,1-2H3,(H,45,46)/b13-5+,14-6+. The summed E-state index contributed by atoms with van der Waals surface area (Å²) in [7, 11) is 1.96. The zero-order valence-corrected chi connectivity index (χ0v) is 26.1. The van der Waals surface area contributed by atoms with Crippen LogP contribution >= 0.6 is 0 Å². The van der Waals surface area contributed by atoms with Crippen LogP contribution in [0.15, 0.2) is 72.8 Å². The van der Waals surface area contributed by atoms with Crippen molar-refractivity contribution in [2.24, 2.45) is 0 Å².